The Morgan fingerprint density at radius 3 is 2.33 bits per heavy atom. The Bertz CT molecular complexity index is 78.9. The van der Waals surface area contributed by atoms with Gasteiger partial charge in [0.15, 0.2) is 0 Å². The van der Waals surface area contributed by atoms with E-state index in [1.807, 2.05) is 0 Å². The Balaban J connectivity index is 3.30. The molecule has 0 aliphatic rings. The molecule has 0 fully saturated rings. The summed E-state index contributed by atoms with van der Waals surface area (Å²) in [6, 6.07) is 0. The predicted molar refractivity (Wildman–Crippen MR) is 31.6 cm³/mol. The van der Waals surface area contributed by atoms with Crippen LogP contribution in [0.15, 0.2) is 11.5 Å². The lowest BCUT2D eigenvalue weighted by atomic mass is 10.0. The highest BCUT2D eigenvalue weighted by Crippen LogP contribution is 1.73. The molecule has 0 aliphatic carbocycles. The summed E-state index contributed by atoms with van der Waals surface area (Å²) >= 11 is 3.66. The summed E-state index contributed by atoms with van der Waals surface area (Å²) in [5, 5.41) is 7.96. The Labute approximate surface area is 43.8 Å². The van der Waals surface area contributed by atoms with Gasteiger partial charge < -0.3 is 5.41 Å². The van der Waals surface area contributed by atoms with Gasteiger partial charge in [0.2, 0.25) is 0 Å². The Hall–Kier alpha value is -0.175. The van der Waals surface area contributed by atoms with Gasteiger partial charge in [0, 0.05) is 0 Å². The molecule has 0 spiro atoms. The van der Waals surface area contributed by atoms with Crippen LogP contribution in [0, 0.1) is 5.41 Å². The van der Waals surface area contributed by atoms with Crippen molar-refractivity contribution in [1.82, 2.24) is 0 Å². The zero-order valence-electron chi connectivity index (χ0n) is 3.18. The van der Waals surface area contributed by atoms with E-state index in [0.717, 1.165) is 0 Å². The molecule has 0 atom stereocenters. The molecule has 3 heteroatoms. The minimum Gasteiger partial charge on any atom is -0.317 e. The van der Waals surface area contributed by atoms with Gasteiger partial charge in [-0.05, 0) is 17.1 Å². The second kappa shape index (κ2) is 3.03. The first-order chi connectivity index (χ1) is 2.77. The molecule has 0 heterocycles. The number of thiol groups is 1. The van der Waals surface area contributed by atoms with E-state index in [2.05, 4.69) is 12.6 Å². The number of allylic oxidation sites excluding steroid dienone is 1. The first-order valence-corrected chi connectivity index (χ1v) is 1.94. The lowest BCUT2D eigenvalue weighted by Crippen LogP contribution is -1.83. The monoisotopic (exact) mass is 97.0 g/mol. The fraction of sp³-hybridized carbons (Fsp3) is 0. The molecule has 0 amide bonds. The van der Waals surface area contributed by atoms with Gasteiger partial charge in [-0.15, -0.1) is 0 Å². The van der Waals surface area contributed by atoms with Crippen molar-refractivity contribution in [2.75, 3.05) is 0 Å². The van der Waals surface area contributed by atoms with Gasteiger partial charge in [-0.3, -0.25) is 0 Å². The van der Waals surface area contributed by atoms with Crippen molar-refractivity contribution < 1.29 is 0 Å². The maximum absolute atomic E-state index is 6.54. The van der Waals surface area contributed by atoms with E-state index in [1.54, 1.807) is 0 Å². The third-order valence-electron chi connectivity index (χ3n) is 0.254. The highest BCUT2D eigenvalue weighted by Gasteiger charge is 1.67. The van der Waals surface area contributed by atoms with Gasteiger partial charge in [-0.1, -0.05) is 0 Å². The number of hydrogen-bond acceptors (Lipinski definition) is 2. The van der Waals surface area contributed by atoms with E-state index in [1.165, 1.54) is 11.5 Å². The van der Waals surface area contributed by atoms with Crippen LogP contribution < -0.4 is 0 Å². The van der Waals surface area contributed by atoms with Gasteiger partial charge in [0.25, 0.3) is 0 Å². The summed E-state index contributed by atoms with van der Waals surface area (Å²) in [4.78, 5) is 0. The fourth-order valence-electron chi connectivity index (χ4n) is 0.0803. The van der Waals surface area contributed by atoms with Crippen molar-refractivity contribution in [1.29, 1.82) is 5.41 Å². The van der Waals surface area contributed by atoms with Crippen molar-refractivity contribution in [3.63, 3.8) is 0 Å². The van der Waals surface area contributed by atoms with Gasteiger partial charge in [-0.2, -0.15) is 12.6 Å². The maximum atomic E-state index is 6.54. The standard InChI is InChI=1S/C3H4BNS/c4-3(5)1-2-6/h1-2,5-6H/b2-1-,5-3?. The summed E-state index contributed by atoms with van der Waals surface area (Å²) in [7, 11) is 4.85. The quantitative estimate of drug-likeness (QED) is 0.271. The molecule has 2 radical (unpaired) electrons. The van der Waals surface area contributed by atoms with Gasteiger partial charge in [0.05, 0.1) is 0 Å². The van der Waals surface area contributed by atoms with Crippen LogP contribution in [0.3, 0.4) is 0 Å². The first kappa shape index (κ1) is 5.82. The smallest absolute Gasteiger partial charge is 0.140 e. The summed E-state index contributed by atoms with van der Waals surface area (Å²) in [6.45, 7) is 0. The first-order valence-electron chi connectivity index (χ1n) is 1.42. The highest BCUT2D eigenvalue weighted by molar-refractivity contribution is 7.83. The molecule has 0 aliphatic heterocycles. The van der Waals surface area contributed by atoms with Crippen LogP contribution in [0.25, 0.3) is 0 Å². The van der Waals surface area contributed by atoms with Crippen LogP contribution in [0.2, 0.25) is 0 Å². The van der Waals surface area contributed by atoms with Crippen molar-refractivity contribution in [2.45, 2.75) is 0 Å². The molecule has 0 bridgehead atoms. The van der Waals surface area contributed by atoms with Crippen LogP contribution in [0.1, 0.15) is 0 Å². The summed E-state index contributed by atoms with van der Waals surface area (Å²) < 4.78 is 0. The minimum absolute atomic E-state index is 0.0324. The lowest BCUT2D eigenvalue weighted by Gasteiger charge is -1.73. The normalized spacial score (nSPS) is 9.50. The van der Waals surface area contributed by atoms with Gasteiger partial charge in [0.1, 0.15) is 7.85 Å². The second-order valence-corrected chi connectivity index (χ2v) is 1.07. The van der Waals surface area contributed by atoms with E-state index in [0.29, 0.717) is 0 Å². The molecule has 0 rings (SSSR count). The van der Waals surface area contributed by atoms with Crippen LogP contribution >= 0.6 is 12.6 Å². The SMILES string of the molecule is [B]C(=N)/C=C\S. The van der Waals surface area contributed by atoms with E-state index in [9.17, 15) is 0 Å². The van der Waals surface area contributed by atoms with Crippen molar-refractivity contribution in [3.05, 3.63) is 11.5 Å². The summed E-state index contributed by atoms with van der Waals surface area (Å²) in [6.07, 6.45) is 1.39. The van der Waals surface area contributed by atoms with E-state index < -0.39 is 0 Å². The van der Waals surface area contributed by atoms with E-state index in [-0.39, 0.29) is 5.61 Å². The molecule has 0 saturated heterocycles. The van der Waals surface area contributed by atoms with Crippen molar-refractivity contribution in [2.24, 2.45) is 0 Å². The molecule has 6 heavy (non-hydrogen) atoms. The second-order valence-electron chi connectivity index (χ2n) is 0.771. The van der Waals surface area contributed by atoms with Crippen LogP contribution in [0.4, 0.5) is 0 Å². The molecule has 1 N–H and O–H groups in total. The van der Waals surface area contributed by atoms with Gasteiger partial charge >= 0.3 is 0 Å². The molecule has 0 aromatic rings. The third kappa shape index (κ3) is 3.82. The molecule has 1 nitrogen and oxygen atoms in total. The highest BCUT2D eigenvalue weighted by atomic mass is 32.1. The average molecular weight is 97.0 g/mol. The maximum Gasteiger partial charge on any atom is 0.140 e. The Morgan fingerprint density at radius 1 is 1.83 bits per heavy atom. The molecular formula is C3H4BNS. The van der Waals surface area contributed by atoms with Crippen molar-refractivity contribution >= 4 is 26.1 Å². The zero-order chi connectivity index (χ0) is 4.99. The molecule has 0 aromatic carbocycles. The third-order valence-corrected chi connectivity index (χ3v) is 0.403. The molecular weight excluding hydrogens is 92.9 g/mol. The van der Waals surface area contributed by atoms with E-state index >= 15 is 0 Å². The summed E-state index contributed by atoms with van der Waals surface area (Å²) in [5.41, 5.74) is 0.0324. The van der Waals surface area contributed by atoms with Crippen LogP contribution in [-0.4, -0.2) is 13.5 Å². The number of hydrogen-bond donors (Lipinski definition) is 2. The fourth-order valence-corrected chi connectivity index (χ4v) is 0.241. The molecule has 0 unspecified atom stereocenters. The minimum atomic E-state index is 0.0324. The Morgan fingerprint density at radius 2 is 2.33 bits per heavy atom. The zero-order valence-corrected chi connectivity index (χ0v) is 4.07. The molecule has 0 saturated carbocycles. The average Bonchev–Trinajstić information content (AvgIpc) is 1.35. The van der Waals surface area contributed by atoms with Crippen LogP contribution in [0.5, 0.6) is 0 Å². The Kier molecular flexibility index (Phi) is 2.94. The summed E-state index contributed by atoms with van der Waals surface area (Å²) in [5.74, 6) is 0. The molecule has 0 aromatic heterocycles. The predicted octanol–water partition coefficient (Wildman–Crippen LogP) is 0.576. The van der Waals surface area contributed by atoms with Crippen LogP contribution in [-0.2, 0) is 0 Å². The topological polar surface area (TPSA) is 23.9 Å². The number of nitrogens with one attached hydrogen (secondary N) is 1. The lowest BCUT2D eigenvalue weighted by molar-refractivity contribution is 1.57. The largest absolute Gasteiger partial charge is 0.317 e. The number of rotatable bonds is 1. The molecule has 30 valence electrons. The van der Waals surface area contributed by atoms with E-state index in [4.69, 9.17) is 13.3 Å². The van der Waals surface area contributed by atoms with Gasteiger partial charge in [-0.25, -0.2) is 0 Å². The van der Waals surface area contributed by atoms with Crippen molar-refractivity contribution in [3.8, 4) is 0 Å².